The normalized spacial score (nSPS) is 17.5. The van der Waals surface area contributed by atoms with E-state index in [4.69, 9.17) is 14.2 Å². The highest BCUT2D eigenvalue weighted by atomic mass is 16.6. The van der Waals surface area contributed by atoms with Gasteiger partial charge in [-0.2, -0.15) is 0 Å². The van der Waals surface area contributed by atoms with Crippen molar-refractivity contribution in [2.24, 2.45) is 5.41 Å². The van der Waals surface area contributed by atoms with Crippen molar-refractivity contribution in [1.29, 1.82) is 0 Å². The lowest BCUT2D eigenvalue weighted by atomic mass is 9.91. The third-order valence-corrected chi connectivity index (χ3v) is 9.73. The van der Waals surface area contributed by atoms with Crippen molar-refractivity contribution in [1.82, 2.24) is 15.2 Å². The Morgan fingerprint density at radius 3 is 2.39 bits per heavy atom. The molecule has 10 nitrogen and oxygen atoms in total. The number of fused-ring (bicyclic) bond motifs is 2. The van der Waals surface area contributed by atoms with Gasteiger partial charge in [-0.15, -0.1) is 0 Å². The van der Waals surface area contributed by atoms with Crippen LogP contribution in [0.3, 0.4) is 0 Å². The number of pyridine rings is 1. The highest BCUT2D eigenvalue weighted by Gasteiger charge is 2.39. The minimum Gasteiger partial charge on any atom is -0.508 e. The van der Waals surface area contributed by atoms with Gasteiger partial charge in [-0.25, -0.2) is 4.79 Å². The first-order valence-corrected chi connectivity index (χ1v) is 18.8. The van der Waals surface area contributed by atoms with Crippen LogP contribution in [-0.2, 0) is 38.5 Å². The molecule has 3 aliphatic rings. The van der Waals surface area contributed by atoms with Gasteiger partial charge in [0.1, 0.15) is 24.4 Å². The van der Waals surface area contributed by atoms with Crippen molar-refractivity contribution in [2.75, 3.05) is 13.7 Å². The summed E-state index contributed by atoms with van der Waals surface area (Å²) >= 11 is 0. The molecule has 2 aliphatic heterocycles. The first-order valence-electron chi connectivity index (χ1n) is 18.8. The summed E-state index contributed by atoms with van der Waals surface area (Å²) in [6.07, 6.45) is 8.74. The Morgan fingerprint density at radius 1 is 0.982 bits per heavy atom. The van der Waals surface area contributed by atoms with Crippen LogP contribution in [0.2, 0.25) is 0 Å². The van der Waals surface area contributed by atoms with E-state index in [-0.39, 0.29) is 37.6 Å². The molecule has 1 aliphatic carbocycles. The molecule has 3 atom stereocenters. The van der Waals surface area contributed by atoms with Crippen LogP contribution in [-0.4, -0.2) is 58.6 Å². The van der Waals surface area contributed by atoms with E-state index in [0.29, 0.717) is 22.5 Å². The predicted octanol–water partition coefficient (Wildman–Crippen LogP) is 7.49. The van der Waals surface area contributed by atoms with Crippen LogP contribution in [0.25, 0.3) is 11.1 Å². The number of esters is 1. The van der Waals surface area contributed by atoms with Gasteiger partial charge in [0.2, 0.25) is 5.91 Å². The molecular formula is C46H50N3O7. The predicted molar refractivity (Wildman–Crippen MR) is 215 cm³/mol. The number of aromatic hydroxyl groups is 1. The number of aromatic nitrogens is 1. The minimum absolute atomic E-state index is 0.136. The fraction of sp³-hybridized carbons (Fsp3) is 0.326. The number of nitrogens with zero attached hydrogens (tertiary/aromatic N) is 2. The molecule has 3 aromatic carbocycles. The van der Waals surface area contributed by atoms with Gasteiger partial charge < -0.3 is 29.5 Å². The molecule has 0 unspecified atom stereocenters. The van der Waals surface area contributed by atoms with E-state index in [9.17, 15) is 19.5 Å². The fourth-order valence-electron chi connectivity index (χ4n) is 6.78. The Morgan fingerprint density at radius 2 is 1.71 bits per heavy atom. The Balaban J connectivity index is 0.00000100. The van der Waals surface area contributed by atoms with E-state index in [2.05, 4.69) is 38.0 Å². The van der Waals surface area contributed by atoms with Crippen LogP contribution >= 0.6 is 0 Å². The number of benzene rings is 3. The van der Waals surface area contributed by atoms with Crippen LogP contribution in [0.4, 0.5) is 0 Å². The summed E-state index contributed by atoms with van der Waals surface area (Å²) in [5.41, 5.74) is 8.39. The first-order chi connectivity index (χ1) is 26.7. The number of carbonyl (C=O) groups excluding carboxylic acids is 3. The largest absolute Gasteiger partial charge is 0.508 e. The molecule has 56 heavy (non-hydrogen) atoms. The van der Waals surface area contributed by atoms with E-state index in [1.807, 2.05) is 62.4 Å². The number of aryl methyl sites for hydroxylation is 1. The second-order valence-corrected chi connectivity index (χ2v) is 16.0. The maximum Gasteiger partial charge on any atom is 0.328 e. The second kappa shape index (κ2) is 16.9. The molecule has 2 amide bonds. The highest BCUT2D eigenvalue weighted by molar-refractivity contribution is 6.00. The van der Waals surface area contributed by atoms with E-state index < -0.39 is 30.1 Å². The number of rotatable bonds is 8. The Hall–Kier alpha value is -5.90. The lowest BCUT2D eigenvalue weighted by Crippen LogP contribution is -2.56. The molecule has 7 rings (SSSR count). The number of ether oxygens (including phenoxy) is 3. The standard InChI is InChI=1S/C41H38N3O7.C5H12/c1-24-25(2)42-16-15-33(24)27-13-11-26(12-14-27)17-34(41(48)49-3)43-39(46)35-19-30-20-36-37(51-38(23-50-36)29-9-6-10-32(45)18-29)21-31(30)22-44(35)40(47)28-7-4-5-8-28;1-5(2,3)4/h4-16,18,20-21,34-35,38,45H,17,19,22-23H2,1-3H3,(H,43,46);1-4H3/t34-,35-,38+;/m0./s1. The zero-order valence-electron chi connectivity index (χ0n) is 33.1. The Kier molecular flexibility index (Phi) is 12.0. The summed E-state index contributed by atoms with van der Waals surface area (Å²) in [7, 11) is 1.29. The van der Waals surface area contributed by atoms with Crippen molar-refractivity contribution in [2.45, 2.75) is 79.1 Å². The number of hydrogen-bond donors (Lipinski definition) is 2. The van der Waals surface area contributed by atoms with Crippen LogP contribution in [0, 0.1) is 25.7 Å². The number of carbonyl (C=O) groups is 3. The zero-order valence-corrected chi connectivity index (χ0v) is 33.1. The van der Waals surface area contributed by atoms with Crippen molar-refractivity contribution >= 4 is 17.8 Å². The summed E-state index contributed by atoms with van der Waals surface area (Å²) in [4.78, 5) is 47.0. The molecule has 3 heterocycles. The molecule has 0 fully saturated rings. The summed E-state index contributed by atoms with van der Waals surface area (Å²) in [6, 6.07) is 18.5. The topological polar surface area (TPSA) is 127 Å². The van der Waals surface area contributed by atoms with Crippen LogP contribution in [0.15, 0.2) is 96.7 Å². The van der Waals surface area contributed by atoms with Gasteiger partial charge in [0.15, 0.2) is 17.6 Å². The number of phenols is 1. The lowest BCUT2D eigenvalue weighted by molar-refractivity contribution is -0.146. The van der Waals surface area contributed by atoms with Crippen LogP contribution < -0.4 is 14.8 Å². The molecule has 0 saturated carbocycles. The van der Waals surface area contributed by atoms with Gasteiger partial charge in [-0.3, -0.25) is 14.6 Å². The van der Waals surface area contributed by atoms with Crippen molar-refractivity contribution in [3.8, 4) is 28.4 Å². The smallest absolute Gasteiger partial charge is 0.328 e. The number of allylic oxidation sites excluding steroid dienone is 3. The highest BCUT2D eigenvalue weighted by Crippen LogP contribution is 2.41. The first kappa shape index (κ1) is 39.8. The average Bonchev–Trinajstić information content (AvgIpc) is 3.72. The third-order valence-electron chi connectivity index (χ3n) is 9.73. The maximum absolute atomic E-state index is 14.1. The van der Waals surface area contributed by atoms with Gasteiger partial charge in [0, 0.05) is 43.3 Å². The van der Waals surface area contributed by atoms with Gasteiger partial charge in [-0.05, 0) is 88.5 Å². The lowest BCUT2D eigenvalue weighted by Gasteiger charge is -2.38. The summed E-state index contributed by atoms with van der Waals surface area (Å²) in [5.74, 6) is -0.161. The van der Waals surface area contributed by atoms with Crippen LogP contribution in [0.1, 0.15) is 67.3 Å². The molecule has 1 aromatic heterocycles. The molecule has 291 valence electrons. The van der Waals surface area contributed by atoms with E-state index in [0.717, 1.165) is 44.6 Å². The Bertz CT molecular complexity index is 2160. The van der Waals surface area contributed by atoms with Gasteiger partial charge in [0.05, 0.1) is 7.11 Å². The number of phenolic OH excluding ortho intramolecular Hbond substituents is 1. The van der Waals surface area contributed by atoms with Crippen molar-refractivity contribution in [3.05, 3.63) is 137 Å². The van der Waals surface area contributed by atoms with Gasteiger partial charge >= 0.3 is 5.97 Å². The molecule has 10 heteroatoms. The minimum atomic E-state index is -0.981. The van der Waals surface area contributed by atoms with E-state index >= 15 is 0 Å². The number of amides is 2. The average molecular weight is 757 g/mol. The number of methoxy groups -OCH3 is 1. The monoisotopic (exact) mass is 756 g/mol. The van der Waals surface area contributed by atoms with Gasteiger partial charge in [0.25, 0.3) is 5.91 Å². The fourth-order valence-corrected chi connectivity index (χ4v) is 6.78. The summed E-state index contributed by atoms with van der Waals surface area (Å²) in [6.45, 7) is 13.1. The number of hydrogen-bond acceptors (Lipinski definition) is 8. The third kappa shape index (κ3) is 9.48. The summed E-state index contributed by atoms with van der Waals surface area (Å²) < 4.78 is 17.5. The molecule has 1 radical (unpaired) electrons. The summed E-state index contributed by atoms with van der Waals surface area (Å²) in [5, 5.41) is 12.9. The molecule has 2 N–H and O–H groups in total. The quantitative estimate of drug-likeness (QED) is 0.177. The van der Waals surface area contributed by atoms with Crippen molar-refractivity contribution < 1.29 is 33.7 Å². The van der Waals surface area contributed by atoms with E-state index in [1.54, 1.807) is 49.0 Å². The second-order valence-electron chi connectivity index (χ2n) is 16.0. The number of nitrogens with one attached hydrogen (secondary N) is 1. The molecular weight excluding hydrogens is 707 g/mol. The molecule has 0 saturated heterocycles. The van der Waals surface area contributed by atoms with Gasteiger partial charge in [-0.1, -0.05) is 82.3 Å². The zero-order chi connectivity index (χ0) is 40.1. The van der Waals surface area contributed by atoms with E-state index in [1.165, 1.54) is 12.0 Å². The molecule has 0 bridgehead atoms. The SMILES string of the molecule is CC(C)(C)C.COC(=O)[C@H](Cc1ccc(-c2ccnc(C)c2C)cc1)NC(=O)[C@@H]1Cc2cc3c(cc2CN1C(=O)C1=CC=C[CH]1)O[C@@H](c1cccc(O)c1)CO3. The van der Waals surface area contributed by atoms with Crippen LogP contribution in [0.5, 0.6) is 17.2 Å². The van der Waals surface area contributed by atoms with Crippen molar-refractivity contribution in [3.63, 3.8) is 0 Å². The molecule has 0 spiro atoms. The maximum atomic E-state index is 14.1. The Labute approximate surface area is 329 Å². The molecule has 4 aromatic rings.